The maximum atomic E-state index is 12.9. The quantitative estimate of drug-likeness (QED) is 0.0262. The number of allylic oxidation sites excluding steroid dienone is 12. The third kappa shape index (κ3) is 55.6. The van der Waals surface area contributed by atoms with E-state index in [-0.39, 0.29) is 31.1 Å². The van der Waals surface area contributed by atoms with E-state index in [1.165, 1.54) is 154 Å². The first-order valence-corrected chi connectivity index (χ1v) is 29.4. The van der Waals surface area contributed by atoms with Gasteiger partial charge in [-0.3, -0.25) is 14.4 Å². The largest absolute Gasteiger partial charge is 0.462 e. The molecule has 0 atom stereocenters. The van der Waals surface area contributed by atoms with Crippen LogP contribution < -0.4 is 0 Å². The van der Waals surface area contributed by atoms with Crippen LogP contribution in [-0.4, -0.2) is 37.2 Å². The Labute approximate surface area is 427 Å². The topological polar surface area (TPSA) is 78.9 Å². The van der Waals surface area contributed by atoms with Gasteiger partial charge in [-0.2, -0.15) is 0 Å². The normalized spacial score (nSPS) is 12.2. The van der Waals surface area contributed by atoms with Crippen LogP contribution in [0.5, 0.6) is 0 Å². The van der Waals surface area contributed by atoms with E-state index in [9.17, 15) is 14.4 Å². The smallest absolute Gasteiger partial charge is 0.306 e. The average Bonchev–Trinajstić information content (AvgIpc) is 3.35. The molecule has 0 aliphatic rings. The van der Waals surface area contributed by atoms with Crippen molar-refractivity contribution in [2.75, 3.05) is 13.2 Å². The minimum absolute atomic E-state index is 0.0849. The first-order chi connectivity index (χ1) is 34.0. The number of carbonyl (C=O) groups excluding carboxylic acids is 3. The van der Waals surface area contributed by atoms with E-state index in [0.29, 0.717) is 19.3 Å². The van der Waals surface area contributed by atoms with E-state index in [2.05, 4.69) is 93.7 Å². The number of carbonyl (C=O) groups is 3. The number of hydrogen-bond donors (Lipinski definition) is 0. The number of ether oxygens (including phenoxy) is 3. The highest BCUT2D eigenvalue weighted by molar-refractivity contribution is 5.71. The molecule has 0 saturated carbocycles. The lowest BCUT2D eigenvalue weighted by atomic mass is 10.1. The van der Waals surface area contributed by atoms with Gasteiger partial charge in [-0.25, -0.2) is 0 Å². The van der Waals surface area contributed by atoms with E-state index in [4.69, 9.17) is 14.2 Å². The van der Waals surface area contributed by atoms with Crippen molar-refractivity contribution in [2.45, 2.75) is 297 Å². The Morgan fingerprint density at radius 1 is 0.290 bits per heavy atom. The summed E-state index contributed by atoms with van der Waals surface area (Å²) < 4.78 is 16.9. The van der Waals surface area contributed by atoms with Crippen molar-refractivity contribution in [1.29, 1.82) is 0 Å². The zero-order valence-electron chi connectivity index (χ0n) is 45.6. The zero-order valence-corrected chi connectivity index (χ0v) is 45.6. The third-order valence-electron chi connectivity index (χ3n) is 12.7. The van der Waals surface area contributed by atoms with Crippen LogP contribution in [0.25, 0.3) is 0 Å². The summed E-state index contributed by atoms with van der Waals surface area (Å²) in [6.45, 7) is 6.57. The number of unbranched alkanes of at least 4 members (excludes halogenated alkanes) is 30. The van der Waals surface area contributed by atoms with Crippen LogP contribution in [0.3, 0.4) is 0 Å². The van der Waals surface area contributed by atoms with Crippen LogP contribution in [-0.2, 0) is 28.6 Å². The van der Waals surface area contributed by atoms with Gasteiger partial charge in [-0.15, -0.1) is 0 Å². The second-order valence-corrected chi connectivity index (χ2v) is 19.5. The highest BCUT2D eigenvalue weighted by Gasteiger charge is 2.19. The van der Waals surface area contributed by atoms with Crippen molar-refractivity contribution in [3.05, 3.63) is 72.9 Å². The molecule has 0 bridgehead atoms. The summed E-state index contributed by atoms with van der Waals surface area (Å²) >= 11 is 0. The first kappa shape index (κ1) is 65.8. The Bertz CT molecular complexity index is 1220. The van der Waals surface area contributed by atoms with Gasteiger partial charge in [0.25, 0.3) is 0 Å². The predicted molar refractivity (Wildman–Crippen MR) is 298 cm³/mol. The molecule has 69 heavy (non-hydrogen) atoms. The lowest BCUT2D eigenvalue weighted by Crippen LogP contribution is -2.30. The van der Waals surface area contributed by atoms with Crippen molar-refractivity contribution in [2.24, 2.45) is 0 Å². The summed E-state index contributed by atoms with van der Waals surface area (Å²) in [6, 6.07) is 0. The maximum Gasteiger partial charge on any atom is 0.306 e. The first-order valence-electron chi connectivity index (χ1n) is 29.4. The lowest BCUT2D eigenvalue weighted by molar-refractivity contribution is -0.167. The summed E-state index contributed by atoms with van der Waals surface area (Å²) in [5.41, 5.74) is 0. The van der Waals surface area contributed by atoms with Crippen molar-refractivity contribution in [3.8, 4) is 0 Å². The van der Waals surface area contributed by atoms with E-state index in [1.807, 2.05) is 0 Å². The number of hydrogen-bond acceptors (Lipinski definition) is 6. The summed E-state index contributed by atoms with van der Waals surface area (Å²) in [4.78, 5) is 38.2. The molecule has 0 radical (unpaired) electrons. The Balaban J connectivity index is 4.42. The molecule has 0 aromatic rings. The molecule has 0 amide bonds. The minimum Gasteiger partial charge on any atom is -0.462 e. The predicted octanol–water partition coefficient (Wildman–Crippen LogP) is 19.8. The monoisotopic (exact) mass is 963 g/mol. The van der Waals surface area contributed by atoms with Crippen LogP contribution >= 0.6 is 0 Å². The molecule has 0 saturated heterocycles. The van der Waals surface area contributed by atoms with Crippen LogP contribution in [0.1, 0.15) is 290 Å². The summed E-state index contributed by atoms with van der Waals surface area (Å²) in [5.74, 6) is -0.898. The van der Waals surface area contributed by atoms with E-state index < -0.39 is 6.10 Å². The second kappa shape index (κ2) is 57.4. The van der Waals surface area contributed by atoms with Crippen LogP contribution in [0, 0.1) is 0 Å². The Morgan fingerprint density at radius 3 is 0.797 bits per heavy atom. The van der Waals surface area contributed by atoms with Gasteiger partial charge in [-0.05, 0) is 116 Å². The molecular weight excluding hydrogens is 853 g/mol. The Morgan fingerprint density at radius 2 is 0.522 bits per heavy atom. The van der Waals surface area contributed by atoms with Gasteiger partial charge < -0.3 is 14.2 Å². The molecule has 0 aromatic heterocycles. The van der Waals surface area contributed by atoms with Gasteiger partial charge in [0, 0.05) is 19.3 Å². The van der Waals surface area contributed by atoms with Crippen molar-refractivity contribution < 1.29 is 28.6 Å². The van der Waals surface area contributed by atoms with Gasteiger partial charge in [0.05, 0.1) is 0 Å². The van der Waals surface area contributed by atoms with Crippen molar-refractivity contribution in [1.82, 2.24) is 0 Å². The molecule has 6 nitrogen and oxygen atoms in total. The molecule has 0 fully saturated rings. The number of esters is 3. The van der Waals surface area contributed by atoms with Crippen LogP contribution in [0.15, 0.2) is 72.9 Å². The lowest BCUT2D eigenvalue weighted by Gasteiger charge is -2.18. The van der Waals surface area contributed by atoms with Gasteiger partial charge in [-0.1, -0.05) is 229 Å². The Kier molecular flexibility index (Phi) is 54.8. The fraction of sp³-hybridized carbons (Fsp3) is 0.762. The van der Waals surface area contributed by atoms with Crippen LogP contribution in [0.2, 0.25) is 0 Å². The SMILES string of the molecule is CCCCC/C=C\C/C=C\CCCCCCCCCC(=O)OCC(COC(=O)CCCCCCCCC/C=C\C/C=C\CCCCC)OC(=O)CCCCCCCCC/C=C\C/C=C\CCCCC. The number of rotatable bonds is 53. The van der Waals surface area contributed by atoms with Gasteiger partial charge in [0.1, 0.15) is 13.2 Å². The van der Waals surface area contributed by atoms with Crippen molar-refractivity contribution in [3.63, 3.8) is 0 Å². The molecular formula is C63H110O6. The van der Waals surface area contributed by atoms with E-state index in [1.54, 1.807) is 0 Å². The van der Waals surface area contributed by atoms with Gasteiger partial charge in [0.15, 0.2) is 6.10 Å². The van der Waals surface area contributed by atoms with Gasteiger partial charge >= 0.3 is 17.9 Å². The van der Waals surface area contributed by atoms with Crippen molar-refractivity contribution >= 4 is 17.9 Å². The molecule has 0 spiro atoms. The second-order valence-electron chi connectivity index (χ2n) is 19.5. The molecule has 0 aliphatic carbocycles. The fourth-order valence-corrected chi connectivity index (χ4v) is 8.18. The van der Waals surface area contributed by atoms with E-state index >= 15 is 0 Å². The molecule has 0 aliphatic heterocycles. The van der Waals surface area contributed by atoms with Gasteiger partial charge in [0.2, 0.25) is 0 Å². The molecule has 0 heterocycles. The molecule has 0 aromatic carbocycles. The molecule has 0 rings (SSSR count). The molecule has 0 unspecified atom stereocenters. The molecule has 398 valence electrons. The molecule has 6 heteroatoms. The zero-order chi connectivity index (χ0) is 50.0. The van der Waals surface area contributed by atoms with Crippen LogP contribution in [0.4, 0.5) is 0 Å². The highest BCUT2D eigenvalue weighted by Crippen LogP contribution is 2.15. The summed E-state index contributed by atoms with van der Waals surface area (Å²) in [5, 5.41) is 0. The molecule has 0 N–H and O–H groups in total. The average molecular weight is 964 g/mol. The maximum absolute atomic E-state index is 12.9. The fourth-order valence-electron chi connectivity index (χ4n) is 8.18. The standard InChI is InChI=1S/C63H110O6/c1-4-7-10-13-16-19-22-25-28-31-34-37-40-43-46-49-52-55-61(64)67-58-60(69-63(66)57-54-51-48-45-42-39-36-33-30-27-24-21-18-15-12-9-6-3)59-68-62(65)56-53-50-47-44-41-38-35-32-29-26-23-20-17-14-11-8-5-2/h16-21,25-30,60H,4-15,22-24,31-59H2,1-3H3/b19-16-,20-17-,21-18-,28-25-,29-26-,30-27-. The summed E-state index contributed by atoms with van der Waals surface area (Å²) in [7, 11) is 0. The summed E-state index contributed by atoms with van der Waals surface area (Å²) in [6.07, 6.45) is 73.1. The highest BCUT2D eigenvalue weighted by atomic mass is 16.6. The third-order valence-corrected chi connectivity index (χ3v) is 12.7. The minimum atomic E-state index is -0.787. The van der Waals surface area contributed by atoms with E-state index in [0.717, 1.165) is 96.3 Å². The Hall–Kier alpha value is -3.15.